The summed E-state index contributed by atoms with van der Waals surface area (Å²) in [5.74, 6) is -0.906. The molecule has 0 aromatic carbocycles. The van der Waals surface area contributed by atoms with Crippen molar-refractivity contribution in [3.8, 4) is 0 Å². The van der Waals surface area contributed by atoms with Crippen molar-refractivity contribution in [2.24, 2.45) is 0 Å². The highest BCUT2D eigenvalue weighted by molar-refractivity contribution is 5.71. The number of hydrogen-bond acceptors (Lipinski definition) is 6. The van der Waals surface area contributed by atoms with Crippen LogP contribution in [0, 0.1) is 0 Å². The predicted molar refractivity (Wildman–Crippen MR) is 307 cm³/mol. The Balaban J connectivity index is 4.43. The van der Waals surface area contributed by atoms with E-state index in [4.69, 9.17) is 14.2 Å². The first kappa shape index (κ1) is 67.8. The van der Waals surface area contributed by atoms with Gasteiger partial charge in [0.1, 0.15) is 13.2 Å². The van der Waals surface area contributed by atoms with Gasteiger partial charge in [-0.1, -0.05) is 241 Å². The number of unbranched alkanes of at least 4 members (excludes halogenated alkanes) is 32. The van der Waals surface area contributed by atoms with E-state index in [1.165, 1.54) is 167 Å². The molecule has 0 spiro atoms. The lowest BCUT2D eigenvalue weighted by Crippen LogP contribution is -2.30. The monoisotopic (exact) mass is 991 g/mol. The van der Waals surface area contributed by atoms with Gasteiger partial charge in [-0.25, -0.2) is 0 Å². The van der Waals surface area contributed by atoms with E-state index in [-0.39, 0.29) is 31.1 Å². The number of carbonyl (C=O) groups excluding carboxylic acids is 3. The zero-order valence-corrected chi connectivity index (χ0v) is 47.0. The molecule has 0 radical (unpaired) electrons. The highest BCUT2D eigenvalue weighted by Crippen LogP contribution is 2.15. The van der Waals surface area contributed by atoms with E-state index in [1.54, 1.807) is 0 Å². The highest BCUT2D eigenvalue weighted by atomic mass is 16.6. The van der Waals surface area contributed by atoms with Crippen LogP contribution < -0.4 is 0 Å². The molecule has 6 nitrogen and oxygen atoms in total. The minimum absolute atomic E-state index is 0.0879. The van der Waals surface area contributed by atoms with Gasteiger partial charge in [0.25, 0.3) is 0 Å². The highest BCUT2D eigenvalue weighted by Gasteiger charge is 2.19. The van der Waals surface area contributed by atoms with Crippen molar-refractivity contribution in [3.63, 3.8) is 0 Å². The molecule has 0 heterocycles. The Labute approximate surface area is 440 Å². The van der Waals surface area contributed by atoms with Gasteiger partial charge >= 0.3 is 17.9 Å². The topological polar surface area (TPSA) is 78.9 Å². The van der Waals surface area contributed by atoms with Crippen molar-refractivity contribution in [2.45, 2.75) is 309 Å². The molecule has 0 aliphatic heterocycles. The van der Waals surface area contributed by atoms with Gasteiger partial charge in [0.15, 0.2) is 6.10 Å². The maximum Gasteiger partial charge on any atom is 0.306 e. The molecule has 0 amide bonds. The van der Waals surface area contributed by atoms with Crippen LogP contribution in [0.2, 0.25) is 0 Å². The van der Waals surface area contributed by atoms with Gasteiger partial charge in [-0.2, -0.15) is 0 Å². The lowest BCUT2D eigenvalue weighted by atomic mass is 10.1. The molecule has 0 aliphatic rings. The number of allylic oxidation sites excluding steroid dienone is 12. The largest absolute Gasteiger partial charge is 0.462 e. The zero-order valence-electron chi connectivity index (χ0n) is 47.0. The molecule has 1 atom stereocenters. The first-order valence-electron chi connectivity index (χ1n) is 30.4. The summed E-state index contributed by atoms with van der Waals surface area (Å²) in [4.78, 5) is 38.3. The molecule has 0 aromatic heterocycles. The van der Waals surface area contributed by atoms with Crippen molar-refractivity contribution in [3.05, 3.63) is 72.9 Å². The SMILES string of the molecule is CCCCC/C=C\C/C=C\C/C=C\CCCCCCCCC(=O)OCC(COC(=O)CCCCCCC/C=C\C/C=C\CCCCCC)OC(=O)CCCCCCCCC/C=C\CCCCCCCCC. The summed E-state index contributed by atoms with van der Waals surface area (Å²) in [6.45, 7) is 6.59. The lowest BCUT2D eigenvalue weighted by Gasteiger charge is -2.18. The van der Waals surface area contributed by atoms with Crippen molar-refractivity contribution in [1.29, 1.82) is 0 Å². The molecule has 0 aliphatic carbocycles. The Bertz CT molecular complexity index is 1320. The Kier molecular flexibility index (Phi) is 56.8. The number of rotatable bonds is 55. The Morgan fingerprint density at radius 3 is 0.845 bits per heavy atom. The molecule has 0 rings (SSSR count). The second-order valence-corrected chi connectivity index (χ2v) is 20.2. The minimum Gasteiger partial charge on any atom is -0.462 e. The lowest BCUT2D eigenvalue weighted by molar-refractivity contribution is -0.167. The normalized spacial score (nSPS) is 12.5. The minimum atomic E-state index is -0.790. The first-order chi connectivity index (χ1) is 35.0. The van der Waals surface area contributed by atoms with Crippen LogP contribution in [0.5, 0.6) is 0 Å². The van der Waals surface area contributed by atoms with Crippen LogP contribution in [-0.2, 0) is 28.6 Å². The number of ether oxygens (including phenoxy) is 3. The van der Waals surface area contributed by atoms with E-state index < -0.39 is 6.10 Å². The van der Waals surface area contributed by atoms with Crippen LogP contribution in [0.1, 0.15) is 303 Å². The van der Waals surface area contributed by atoms with Crippen molar-refractivity contribution < 1.29 is 28.6 Å². The molecule has 6 heteroatoms. The molecule has 0 fully saturated rings. The fraction of sp³-hybridized carbons (Fsp3) is 0.769. The van der Waals surface area contributed by atoms with Crippen LogP contribution in [0.3, 0.4) is 0 Å². The van der Waals surface area contributed by atoms with E-state index in [9.17, 15) is 14.4 Å². The molecule has 0 saturated carbocycles. The first-order valence-corrected chi connectivity index (χ1v) is 30.4. The van der Waals surface area contributed by atoms with Crippen LogP contribution in [0.15, 0.2) is 72.9 Å². The summed E-state index contributed by atoms with van der Waals surface area (Å²) in [6.07, 6.45) is 76.0. The number of hydrogen-bond donors (Lipinski definition) is 0. The summed E-state index contributed by atoms with van der Waals surface area (Å²) in [5, 5.41) is 0. The average molecular weight is 992 g/mol. The third kappa shape index (κ3) is 57.6. The average Bonchev–Trinajstić information content (AvgIpc) is 3.37. The molecule has 71 heavy (non-hydrogen) atoms. The number of esters is 3. The van der Waals surface area contributed by atoms with Crippen LogP contribution >= 0.6 is 0 Å². The fourth-order valence-electron chi connectivity index (χ4n) is 8.53. The third-order valence-electron chi connectivity index (χ3n) is 13.2. The van der Waals surface area contributed by atoms with E-state index in [1.807, 2.05) is 0 Å². The van der Waals surface area contributed by atoms with E-state index in [0.29, 0.717) is 19.3 Å². The predicted octanol–water partition coefficient (Wildman–Crippen LogP) is 20.5. The van der Waals surface area contributed by atoms with Crippen molar-refractivity contribution in [1.82, 2.24) is 0 Å². The molecule has 1 unspecified atom stereocenters. The summed E-state index contributed by atoms with van der Waals surface area (Å²) in [5.41, 5.74) is 0. The van der Waals surface area contributed by atoms with Crippen LogP contribution in [0.4, 0.5) is 0 Å². The molecule has 410 valence electrons. The Morgan fingerprint density at radius 1 is 0.282 bits per heavy atom. The Hall–Kier alpha value is -3.15. The second-order valence-electron chi connectivity index (χ2n) is 20.2. The molecule has 0 aromatic rings. The molecule has 0 bridgehead atoms. The van der Waals surface area contributed by atoms with Gasteiger partial charge in [-0.3, -0.25) is 14.4 Å². The molecular weight excluding hydrogens is 877 g/mol. The van der Waals surface area contributed by atoms with E-state index in [2.05, 4.69) is 93.7 Å². The smallest absolute Gasteiger partial charge is 0.306 e. The maximum absolute atomic E-state index is 12.9. The summed E-state index contributed by atoms with van der Waals surface area (Å²) < 4.78 is 16.9. The summed E-state index contributed by atoms with van der Waals surface area (Å²) in [6, 6.07) is 0. The van der Waals surface area contributed by atoms with Gasteiger partial charge in [0.2, 0.25) is 0 Å². The molecule has 0 N–H and O–H groups in total. The van der Waals surface area contributed by atoms with Gasteiger partial charge in [-0.15, -0.1) is 0 Å². The van der Waals surface area contributed by atoms with Gasteiger partial charge < -0.3 is 14.2 Å². The Morgan fingerprint density at radius 2 is 0.507 bits per heavy atom. The molecule has 0 saturated heterocycles. The quantitative estimate of drug-likeness (QED) is 0.0261. The molecular formula is C65H114O6. The maximum atomic E-state index is 12.9. The van der Waals surface area contributed by atoms with Crippen LogP contribution in [-0.4, -0.2) is 37.2 Å². The van der Waals surface area contributed by atoms with Gasteiger partial charge in [-0.05, 0) is 116 Å². The standard InChI is InChI=1S/C65H114O6/c1-4-7-10-13-16-19-22-25-28-31-33-35-37-40-43-46-49-52-55-58-64(67)70-61-62(60-69-63(66)57-54-51-48-45-42-39-36-30-27-24-21-18-15-12-9-6-3)71-65(68)59-56-53-50-47-44-41-38-34-32-29-26-23-20-17-14-11-8-5-2/h16,19,21,24-25,28-30,32-33,35-36,62H,4-15,17-18,20,22-23,26-27,31,34,37-61H2,1-3H3/b19-16-,24-21-,28-25-,32-29-,35-33-,36-30-. The van der Waals surface area contributed by atoms with E-state index in [0.717, 1.165) is 96.3 Å². The number of carbonyl (C=O) groups is 3. The zero-order chi connectivity index (χ0) is 51.4. The van der Waals surface area contributed by atoms with E-state index >= 15 is 0 Å². The van der Waals surface area contributed by atoms with Gasteiger partial charge in [0, 0.05) is 19.3 Å². The summed E-state index contributed by atoms with van der Waals surface area (Å²) in [7, 11) is 0. The van der Waals surface area contributed by atoms with Crippen LogP contribution in [0.25, 0.3) is 0 Å². The summed E-state index contributed by atoms with van der Waals surface area (Å²) >= 11 is 0. The van der Waals surface area contributed by atoms with Gasteiger partial charge in [0.05, 0.1) is 0 Å². The van der Waals surface area contributed by atoms with Crippen molar-refractivity contribution in [2.75, 3.05) is 13.2 Å². The fourth-order valence-corrected chi connectivity index (χ4v) is 8.53. The second kappa shape index (κ2) is 59.4. The van der Waals surface area contributed by atoms with Crippen molar-refractivity contribution >= 4 is 17.9 Å². The third-order valence-corrected chi connectivity index (χ3v) is 13.2.